The Bertz CT molecular complexity index is 274. The number of hydrogen-bond donors (Lipinski definition) is 1. The lowest BCUT2D eigenvalue weighted by Gasteiger charge is -2.36. The Morgan fingerprint density at radius 3 is 2.40 bits per heavy atom. The third kappa shape index (κ3) is 2.83. The van der Waals surface area contributed by atoms with Crippen molar-refractivity contribution in [1.29, 1.82) is 5.26 Å². The van der Waals surface area contributed by atoms with Crippen LogP contribution in [0.1, 0.15) is 12.8 Å². The first kappa shape index (κ1) is 11.8. The molecule has 0 spiro atoms. The topological polar surface area (TPSA) is 59.4 Å². The number of nitrogens with one attached hydrogen (secondary N) is 1. The second-order valence-electron chi connectivity index (χ2n) is 4.32. The summed E-state index contributed by atoms with van der Waals surface area (Å²) in [6.07, 6.45) is 1.39. The third-order valence-corrected chi connectivity index (χ3v) is 2.81. The van der Waals surface area contributed by atoms with Crippen LogP contribution in [0, 0.1) is 11.3 Å². The molecule has 1 saturated heterocycles. The number of carbonyl (C=O) groups is 1. The molecular weight excluding hydrogens is 192 g/mol. The summed E-state index contributed by atoms with van der Waals surface area (Å²) >= 11 is 0. The molecule has 0 saturated carbocycles. The van der Waals surface area contributed by atoms with Gasteiger partial charge >= 0.3 is 6.03 Å². The molecule has 15 heavy (non-hydrogen) atoms. The van der Waals surface area contributed by atoms with E-state index < -0.39 is 5.54 Å². The lowest BCUT2D eigenvalue weighted by Crippen LogP contribution is -2.55. The molecule has 0 aromatic carbocycles. The molecule has 1 rings (SSSR count). The summed E-state index contributed by atoms with van der Waals surface area (Å²) in [5, 5.41) is 12.0. The fraction of sp³-hybridized carbons (Fsp3) is 0.800. The summed E-state index contributed by atoms with van der Waals surface area (Å²) in [7, 11) is 5.37. The van der Waals surface area contributed by atoms with E-state index in [0.717, 1.165) is 13.1 Å². The summed E-state index contributed by atoms with van der Waals surface area (Å²) in [6.45, 7) is 1.70. The van der Waals surface area contributed by atoms with E-state index in [9.17, 15) is 4.79 Å². The van der Waals surface area contributed by atoms with Crippen molar-refractivity contribution in [3.63, 3.8) is 0 Å². The minimum Gasteiger partial charge on any atom is -0.331 e. The smallest absolute Gasteiger partial charge is 0.318 e. The first-order valence-corrected chi connectivity index (χ1v) is 5.08. The molecule has 1 heterocycles. The number of carbonyl (C=O) groups excluding carboxylic acids is 1. The summed E-state index contributed by atoms with van der Waals surface area (Å²) in [5.74, 6) is 0. The van der Waals surface area contributed by atoms with E-state index in [1.165, 1.54) is 4.90 Å². The lowest BCUT2D eigenvalue weighted by molar-refractivity contribution is 0.175. The molecule has 1 aliphatic heterocycles. The fourth-order valence-corrected chi connectivity index (χ4v) is 1.58. The van der Waals surface area contributed by atoms with Crippen molar-refractivity contribution in [3.8, 4) is 6.07 Å². The second-order valence-corrected chi connectivity index (χ2v) is 4.32. The molecule has 0 bridgehead atoms. The molecule has 1 aliphatic rings. The van der Waals surface area contributed by atoms with Crippen molar-refractivity contribution >= 4 is 6.03 Å². The maximum atomic E-state index is 11.5. The zero-order chi connectivity index (χ0) is 11.5. The van der Waals surface area contributed by atoms with Gasteiger partial charge in [-0.05, 0) is 19.9 Å². The molecule has 1 fully saturated rings. The predicted octanol–water partition coefficient (Wildman–Crippen LogP) is 0.246. The van der Waals surface area contributed by atoms with Crippen molar-refractivity contribution < 1.29 is 4.79 Å². The summed E-state index contributed by atoms with van der Waals surface area (Å²) in [4.78, 5) is 15.1. The van der Waals surface area contributed by atoms with E-state index in [4.69, 9.17) is 5.26 Å². The molecule has 0 radical (unpaired) electrons. The Balaban J connectivity index is 2.63. The molecule has 0 aliphatic carbocycles. The first-order chi connectivity index (χ1) is 6.99. The number of hydrogen-bond acceptors (Lipinski definition) is 3. The van der Waals surface area contributed by atoms with Crippen LogP contribution < -0.4 is 5.32 Å². The summed E-state index contributed by atoms with van der Waals surface area (Å²) < 4.78 is 0. The highest BCUT2D eigenvalue weighted by Gasteiger charge is 2.35. The van der Waals surface area contributed by atoms with Crippen LogP contribution in [-0.4, -0.2) is 55.6 Å². The van der Waals surface area contributed by atoms with Crippen molar-refractivity contribution in [2.45, 2.75) is 18.4 Å². The number of piperidine rings is 1. The molecule has 0 aromatic rings. The van der Waals surface area contributed by atoms with Gasteiger partial charge in [0.25, 0.3) is 0 Å². The SMILES string of the molecule is CN1CCC(C#N)(NC(=O)N(C)C)CC1. The van der Waals surface area contributed by atoms with Gasteiger partial charge < -0.3 is 15.1 Å². The fourth-order valence-electron chi connectivity index (χ4n) is 1.58. The molecule has 1 N–H and O–H groups in total. The average molecular weight is 210 g/mol. The number of nitrogens with zero attached hydrogens (tertiary/aromatic N) is 3. The highest BCUT2D eigenvalue weighted by molar-refractivity contribution is 5.75. The molecule has 84 valence electrons. The summed E-state index contributed by atoms with van der Waals surface area (Å²) in [5.41, 5.74) is -0.673. The van der Waals surface area contributed by atoms with E-state index in [-0.39, 0.29) is 6.03 Å². The molecule has 0 unspecified atom stereocenters. The largest absolute Gasteiger partial charge is 0.331 e. The maximum Gasteiger partial charge on any atom is 0.318 e. The van der Waals surface area contributed by atoms with Gasteiger partial charge in [-0.3, -0.25) is 0 Å². The van der Waals surface area contributed by atoms with Crippen LogP contribution in [0.5, 0.6) is 0 Å². The zero-order valence-electron chi connectivity index (χ0n) is 9.58. The number of likely N-dealkylation sites (tertiary alicyclic amines) is 1. The van der Waals surface area contributed by atoms with Gasteiger partial charge in [-0.15, -0.1) is 0 Å². The van der Waals surface area contributed by atoms with Gasteiger partial charge in [0.15, 0.2) is 0 Å². The maximum absolute atomic E-state index is 11.5. The van der Waals surface area contributed by atoms with Gasteiger partial charge in [0.2, 0.25) is 0 Å². The van der Waals surface area contributed by atoms with Crippen molar-refractivity contribution in [2.75, 3.05) is 34.2 Å². The second kappa shape index (κ2) is 4.49. The van der Waals surface area contributed by atoms with E-state index in [1.54, 1.807) is 14.1 Å². The van der Waals surface area contributed by atoms with Gasteiger partial charge in [-0.1, -0.05) is 0 Å². The highest BCUT2D eigenvalue weighted by atomic mass is 16.2. The molecule has 0 aromatic heterocycles. The number of urea groups is 1. The quantitative estimate of drug-likeness (QED) is 0.674. The van der Waals surface area contributed by atoms with Gasteiger partial charge in [-0.25, -0.2) is 4.79 Å². The Hall–Kier alpha value is -1.28. The molecule has 5 nitrogen and oxygen atoms in total. The number of nitriles is 1. The number of rotatable bonds is 1. The first-order valence-electron chi connectivity index (χ1n) is 5.08. The molecular formula is C10H18N4O. The van der Waals surface area contributed by atoms with Crippen LogP contribution in [0.3, 0.4) is 0 Å². The number of amides is 2. The van der Waals surface area contributed by atoms with Crippen LogP contribution in [0.2, 0.25) is 0 Å². The van der Waals surface area contributed by atoms with Gasteiger partial charge in [-0.2, -0.15) is 5.26 Å². The predicted molar refractivity (Wildman–Crippen MR) is 57.3 cm³/mol. The highest BCUT2D eigenvalue weighted by Crippen LogP contribution is 2.20. The Morgan fingerprint density at radius 2 is 2.00 bits per heavy atom. The van der Waals surface area contributed by atoms with Crippen LogP contribution in [0.4, 0.5) is 4.79 Å². The lowest BCUT2D eigenvalue weighted by atomic mass is 9.89. The van der Waals surface area contributed by atoms with Gasteiger partial charge in [0, 0.05) is 27.2 Å². The van der Waals surface area contributed by atoms with Crippen LogP contribution >= 0.6 is 0 Å². The average Bonchev–Trinajstić information content (AvgIpc) is 2.21. The zero-order valence-corrected chi connectivity index (χ0v) is 9.58. The van der Waals surface area contributed by atoms with E-state index >= 15 is 0 Å². The van der Waals surface area contributed by atoms with Crippen LogP contribution in [0.15, 0.2) is 0 Å². The van der Waals surface area contributed by atoms with Crippen LogP contribution in [-0.2, 0) is 0 Å². The van der Waals surface area contributed by atoms with Gasteiger partial charge in [0.05, 0.1) is 6.07 Å². The van der Waals surface area contributed by atoms with Crippen molar-refractivity contribution in [2.24, 2.45) is 0 Å². The summed E-state index contributed by atoms with van der Waals surface area (Å²) in [6, 6.07) is 2.05. The third-order valence-electron chi connectivity index (χ3n) is 2.81. The monoisotopic (exact) mass is 210 g/mol. The van der Waals surface area contributed by atoms with Gasteiger partial charge in [0.1, 0.15) is 5.54 Å². The Morgan fingerprint density at radius 1 is 1.47 bits per heavy atom. The molecule has 5 heteroatoms. The molecule has 0 atom stereocenters. The van der Waals surface area contributed by atoms with Crippen molar-refractivity contribution in [3.05, 3.63) is 0 Å². The standard InChI is InChI=1S/C10H18N4O/c1-13(2)9(15)12-10(8-11)4-6-14(3)7-5-10/h4-7H2,1-3H3,(H,12,15). The Kier molecular flexibility index (Phi) is 3.53. The van der Waals surface area contributed by atoms with E-state index in [2.05, 4.69) is 16.3 Å². The minimum absolute atomic E-state index is 0.193. The van der Waals surface area contributed by atoms with Crippen LogP contribution in [0.25, 0.3) is 0 Å². The Labute approximate surface area is 90.6 Å². The van der Waals surface area contributed by atoms with E-state index in [0.29, 0.717) is 12.8 Å². The van der Waals surface area contributed by atoms with E-state index in [1.807, 2.05) is 7.05 Å². The molecule has 2 amide bonds. The minimum atomic E-state index is -0.673. The normalized spacial score (nSPS) is 20.4. The van der Waals surface area contributed by atoms with Crippen molar-refractivity contribution in [1.82, 2.24) is 15.1 Å².